The number of nitrogens with one attached hydrogen (secondary N) is 1. The standard InChI is InChI=1S/C14H20N2O3/c1-4-9(5-2)14(16-15)13-10(8-17)6-11(19-3)7-12(13)18/h6-7,15,17-18H,4-5,8H2,1-3H3. The molecule has 1 rings (SSSR count). The van der Waals surface area contributed by atoms with Crippen LogP contribution in [0.2, 0.25) is 0 Å². The zero-order valence-electron chi connectivity index (χ0n) is 11.5. The van der Waals surface area contributed by atoms with Gasteiger partial charge in [-0.3, -0.25) is 0 Å². The van der Waals surface area contributed by atoms with Crippen molar-refractivity contribution in [3.05, 3.63) is 28.8 Å². The lowest BCUT2D eigenvalue weighted by Crippen LogP contribution is -1.98. The molecule has 0 unspecified atom stereocenters. The highest BCUT2D eigenvalue weighted by atomic mass is 16.5. The second-order valence-electron chi connectivity index (χ2n) is 4.11. The lowest BCUT2D eigenvalue weighted by Gasteiger charge is -2.14. The SMILES string of the molecule is CCC(CC)=C(N=N)c1c(O)cc(OC)cc1CO. The number of benzene rings is 1. The number of phenols is 1. The molecule has 0 heterocycles. The van der Waals surface area contributed by atoms with E-state index in [0.717, 1.165) is 18.4 Å². The Kier molecular flexibility index (Phi) is 5.51. The molecule has 19 heavy (non-hydrogen) atoms. The average molecular weight is 264 g/mol. The molecule has 0 aliphatic heterocycles. The maximum Gasteiger partial charge on any atom is 0.129 e. The van der Waals surface area contributed by atoms with Gasteiger partial charge >= 0.3 is 0 Å². The molecule has 0 saturated carbocycles. The largest absolute Gasteiger partial charge is 0.507 e. The van der Waals surface area contributed by atoms with E-state index in [1.807, 2.05) is 13.8 Å². The molecule has 3 N–H and O–H groups in total. The van der Waals surface area contributed by atoms with Gasteiger partial charge < -0.3 is 14.9 Å². The zero-order valence-corrected chi connectivity index (χ0v) is 11.5. The van der Waals surface area contributed by atoms with Gasteiger partial charge in [-0.1, -0.05) is 13.8 Å². The summed E-state index contributed by atoms with van der Waals surface area (Å²) in [5.74, 6) is 0.429. The molecule has 0 saturated heterocycles. The van der Waals surface area contributed by atoms with Gasteiger partial charge in [0.25, 0.3) is 0 Å². The van der Waals surface area contributed by atoms with E-state index in [1.54, 1.807) is 6.07 Å². The molecule has 1 aromatic carbocycles. The van der Waals surface area contributed by atoms with Gasteiger partial charge in [-0.25, -0.2) is 5.53 Å². The summed E-state index contributed by atoms with van der Waals surface area (Å²) in [6, 6.07) is 3.10. The summed E-state index contributed by atoms with van der Waals surface area (Å²) >= 11 is 0. The normalized spacial score (nSPS) is 10.1. The molecule has 1 aromatic rings. The Labute approximate surface area is 113 Å². The van der Waals surface area contributed by atoms with Crippen molar-refractivity contribution < 1.29 is 14.9 Å². The van der Waals surface area contributed by atoms with Crippen LogP contribution in [0.4, 0.5) is 0 Å². The van der Waals surface area contributed by atoms with Crippen LogP contribution in [-0.2, 0) is 6.61 Å². The van der Waals surface area contributed by atoms with Gasteiger partial charge in [0, 0.05) is 11.6 Å². The predicted molar refractivity (Wildman–Crippen MR) is 73.2 cm³/mol. The minimum absolute atomic E-state index is 0.0335. The molecule has 0 spiro atoms. The number of allylic oxidation sites excluding steroid dienone is 1. The minimum atomic E-state index is -0.250. The third kappa shape index (κ3) is 3.12. The fraction of sp³-hybridized carbons (Fsp3) is 0.429. The number of aliphatic hydroxyl groups is 1. The van der Waals surface area contributed by atoms with Gasteiger partial charge in [0.15, 0.2) is 0 Å². The fourth-order valence-electron chi connectivity index (χ4n) is 2.07. The Hall–Kier alpha value is -1.88. The maximum absolute atomic E-state index is 10.1. The van der Waals surface area contributed by atoms with Crippen LogP contribution < -0.4 is 4.74 Å². The third-order valence-electron chi connectivity index (χ3n) is 3.12. The Morgan fingerprint density at radius 3 is 2.37 bits per heavy atom. The summed E-state index contributed by atoms with van der Waals surface area (Å²) in [6.07, 6.45) is 1.48. The summed E-state index contributed by atoms with van der Waals surface area (Å²) in [7, 11) is 1.49. The first-order valence-electron chi connectivity index (χ1n) is 6.23. The van der Waals surface area contributed by atoms with E-state index in [0.29, 0.717) is 22.6 Å². The van der Waals surface area contributed by atoms with Gasteiger partial charge in [0.1, 0.15) is 11.5 Å². The number of nitrogens with zero attached hydrogens (tertiary/aromatic N) is 1. The average Bonchev–Trinajstić information content (AvgIpc) is 2.44. The van der Waals surface area contributed by atoms with E-state index in [4.69, 9.17) is 10.3 Å². The molecule has 0 fully saturated rings. The summed E-state index contributed by atoms with van der Waals surface area (Å²) in [6.45, 7) is 3.70. The summed E-state index contributed by atoms with van der Waals surface area (Å²) in [5, 5.41) is 23.1. The van der Waals surface area contributed by atoms with Crippen molar-refractivity contribution in [1.82, 2.24) is 0 Å². The third-order valence-corrected chi connectivity index (χ3v) is 3.12. The second kappa shape index (κ2) is 6.89. The summed E-state index contributed by atoms with van der Waals surface area (Å²) in [4.78, 5) is 0. The lowest BCUT2D eigenvalue weighted by atomic mass is 9.97. The first-order chi connectivity index (χ1) is 9.12. The molecule has 0 aromatic heterocycles. The second-order valence-corrected chi connectivity index (χ2v) is 4.11. The van der Waals surface area contributed by atoms with Gasteiger partial charge in [0.05, 0.1) is 19.4 Å². The van der Waals surface area contributed by atoms with Crippen LogP contribution in [0.3, 0.4) is 0 Å². The fourth-order valence-corrected chi connectivity index (χ4v) is 2.07. The van der Waals surface area contributed by atoms with Crippen LogP contribution in [0.25, 0.3) is 5.70 Å². The van der Waals surface area contributed by atoms with Crippen LogP contribution >= 0.6 is 0 Å². The first kappa shape index (κ1) is 15.2. The molecular weight excluding hydrogens is 244 g/mol. The predicted octanol–water partition coefficient (Wildman–Crippen LogP) is 3.46. The molecule has 0 amide bonds. The van der Waals surface area contributed by atoms with E-state index in [-0.39, 0.29) is 12.4 Å². The minimum Gasteiger partial charge on any atom is -0.507 e. The Morgan fingerprint density at radius 2 is 1.95 bits per heavy atom. The van der Waals surface area contributed by atoms with Crippen molar-refractivity contribution in [2.24, 2.45) is 5.11 Å². The topological polar surface area (TPSA) is 85.9 Å². The van der Waals surface area contributed by atoms with Crippen molar-refractivity contribution in [3.63, 3.8) is 0 Å². The number of phenolic OH excluding ortho intramolecular Hbond substituents is 1. The number of rotatable bonds is 6. The Balaban J connectivity index is 3.56. The van der Waals surface area contributed by atoms with Crippen LogP contribution in [-0.4, -0.2) is 17.3 Å². The van der Waals surface area contributed by atoms with E-state index < -0.39 is 0 Å². The van der Waals surface area contributed by atoms with Gasteiger partial charge in [-0.15, -0.1) is 0 Å². The lowest BCUT2D eigenvalue weighted by molar-refractivity contribution is 0.279. The van der Waals surface area contributed by atoms with Crippen LogP contribution in [0.1, 0.15) is 37.8 Å². The Bertz CT molecular complexity index is 490. The molecular formula is C14H20N2O3. The molecule has 0 bridgehead atoms. The molecule has 0 aliphatic carbocycles. The van der Waals surface area contributed by atoms with Crippen LogP contribution in [0.15, 0.2) is 22.8 Å². The number of aromatic hydroxyl groups is 1. The number of aliphatic hydroxyl groups excluding tert-OH is 1. The molecule has 0 atom stereocenters. The first-order valence-corrected chi connectivity index (χ1v) is 6.23. The van der Waals surface area contributed by atoms with Crippen molar-refractivity contribution >= 4 is 5.70 Å². The molecule has 0 radical (unpaired) electrons. The number of ether oxygens (including phenoxy) is 1. The summed E-state index contributed by atoms with van der Waals surface area (Å²) in [5.41, 5.74) is 9.65. The zero-order chi connectivity index (χ0) is 14.4. The molecule has 5 heteroatoms. The summed E-state index contributed by atoms with van der Waals surface area (Å²) < 4.78 is 5.05. The van der Waals surface area contributed by atoms with Crippen molar-refractivity contribution in [2.45, 2.75) is 33.3 Å². The number of hydrogen-bond donors (Lipinski definition) is 3. The monoisotopic (exact) mass is 264 g/mol. The smallest absolute Gasteiger partial charge is 0.129 e. The van der Waals surface area contributed by atoms with E-state index in [1.165, 1.54) is 13.2 Å². The molecule has 5 nitrogen and oxygen atoms in total. The van der Waals surface area contributed by atoms with Crippen molar-refractivity contribution in [2.75, 3.05) is 7.11 Å². The van der Waals surface area contributed by atoms with E-state index in [2.05, 4.69) is 5.11 Å². The van der Waals surface area contributed by atoms with Gasteiger partial charge in [-0.2, -0.15) is 5.11 Å². The highest BCUT2D eigenvalue weighted by Crippen LogP contribution is 2.36. The Morgan fingerprint density at radius 1 is 1.32 bits per heavy atom. The van der Waals surface area contributed by atoms with E-state index in [9.17, 15) is 10.2 Å². The van der Waals surface area contributed by atoms with Crippen molar-refractivity contribution in [3.8, 4) is 11.5 Å². The van der Waals surface area contributed by atoms with Gasteiger partial charge in [0.2, 0.25) is 0 Å². The number of hydrogen-bond acceptors (Lipinski definition) is 5. The van der Waals surface area contributed by atoms with Crippen molar-refractivity contribution in [1.29, 1.82) is 5.53 Å². The van der Waals surface area contributed by atoms with Crippen LogP contribution in [0.5, 0.6) is 11.5 Å². The molecule has 0 aliphatic rings. The maximum atomic E-state index is 10.1. The quantitative estimate of drug-likeness (QED) is 0.688. The molecule has 104 valence electrons. The van der Waals surface area contributed by atoms with Crippen LogP contribution in [0, 0.1) is 5.53 Å². The highest BCUT2D eigenvalue weighted by molar-refractivity contribution is 5.75. The highest BCUT2D eigenvalue weighted by Gasteiger charge is 2.17. The van der Waals surface area contributed by atoms with E-state index >= 15 is 0 Å². The van der Waals surface area contributed by atoms with Gasteiger partial charge in [-0.05, 0) is 30.0 Å². The number of methoxy groups -OCH3 is 1.